The van der Waals surface area contributed by atoms with Crippen LogP contribution in [0.3, 0.4) is 0 Å². The van der Waals surface area contributed by atoms with Crippen molar-refractivity contribution in [2.24, 2.45) is 0 Å². The Balaban J connectivity index is 1.94. The second-order valence-corrected chi connectivity index (χ2v) is 5.41. The molecular formula is C12H25N3. The number of nitrogens with zero attached hydrogens (tertiary/aromatic N) is 2. The maximum absolute atomic E-state index is 3.56. The Labute approximate surface area is 93.8 Å². The number of likely N-dealkylation sites (N-methyl/N-ethyl adjacent to an activating group) is 1. The minimum absolute atomic E-state index is 0.661. The zero-order chi connectivity index (χ0) is 10.8. The highest BCUT2D eigenvalue weighted by molar-refractivity contribution is 4.88. The Morgan fingerprint density at radius 2 is 2.00 bits per heavy atom. The molecule has 0 bridgehead atoms. The van der Waals surface area contributed by atoms with Crippen LogP contribution in [0, 0.1) is 0 Å². The summed E-state index contributed by atoms with van der Waals surface area (Å²) in [6.45, 7) is 9.57. The van der Waals surface area contributed by atoms with Crippen molar-refractivity contribution in [1.29, 1.82) is 0 Å². The molecule has 88 valence electrons. The van der Waals surface area contributed by atoms with E-state index in [9.17, 15) is 0 Å². The maximum Gasteiger partial charge on any atom is 0.0227 e. The fourth-order valence-electron chi connectivity index (χ4n) is 2.97. The molecule has 0 spiro atoms. The summed E-state index contributed by atoms with van der Waals surface area (Å²) in [7, 11) is 2.25. The fraction of sp³-hybridized carbons (Fsp3) is 1.00. The minimum atomic E-state index is 0.661. The molecule has 0 aromatic rings. The van der Waals surface area contributed by atoms with Gasteiger partial charge in [0.2, 0.25) is 0 Å². The molecule has 3 nitrogen and oxygen atoms in total. The van der Waals surface area contributed by atoms with Gasteiger partial charge in [-0.3, -0.25) is 4.90 Å². The van der Waals surface area contributed by atoms with Gasteiger partial charge in [0.15, 0.2) is 0 Å². The molecule has 1 N–H and O–H groups in total. The Kier molecular flexibility index (Phi) is 3.65. The van der Waals surface area contributed by atoms with Crippen LogP contribution in [0.1, 0.15) is 26.7 Å². The molecule has 2 rings (SSSR count). The average molecular weight is 211 g/mol. The molecule has 3 heteroatoms. The molecule has 0 radical (unpaired) electrons. The predicted molar refractivity (Wildman–Crippen MR) is 64.2 cm³/mol. The quantitative estimate of drug-likeness (QED) is 0.691. The number of rotatable bonds is 1. The average Bonchev–Trinajstić information content (AvgIpc) is 2.22. The molecule has 0 aliphatic carbocycles. The Bertz CT molecular complexity index is 207. The third kappa shape index (κ3) is 2.71. The van der Waals surface area contributed by atoms with E-state index in [4.69, 9.17) is 0 Å². The van der Waals surface area contributed by atoms with Crippen molar-refractivity contribution < 1.29 is 0 Å². The van der Waals surface area contributed by atoms with Crippen molar-refractivity contribution in [3.63, 3.8) is 0 Å². The first-order chi connectivity index (χ1) is 7.16. The molecule has 0 aromatic heterocycles. The standard InChI is InChI=1S/C12H25N3/c1-10-8-15(11(2)7-13-10)12-5-4-6-14(3)9-12/h10-13H,4-9H2,1-3H3. The zero-order valence-electron chi connectivity index (χ0n) is 10.4. The van der Waals surface area contributed by atoms with Gasteiger partial charge in [-0.2, -0.15) is 0 Å². The number of likely N-dealkylation sites (tertiary alicyclic amines) is 1. The smallest absolute Gasteiger partial charge is 0.0227 e. The molecule has 0 amide bonds. The molecule has 2 aliphatic rings. The summed E-state index contributed by atoms with van der Waals surface area (Å²) in [5.41, 5.74) is 0. The number of nitrogens with one attached hydrogen (secondary N) is 1. The molecule has 2 aliphatic heterocycles. The van der Waals surface area contributed by atoms with Crippen molar-refractivity contribution >= 4 is 0 Å². The van der Waals surface area contributed by atoms with Gasteiger partial charge in [-0.1, -0.05) is 0 Å². The highest BCUT2D eigenvalue weighted by atomic mass is 15.3. The Morgan fingerprint density at radius 1 is 1.20 bits per heavy atom. The van der Waals surface area contributed by atoms with Gasteiger partial charge < -0.3 is 10.2 Å². The first kappa shape index (κ1) is 11.4. The molecule has 3 atom stereocenters. The Hall–Kier alpha value is -0.120. The molecule has 0 saturated carbocycles. The van der Waals surface area contributed by atoms with Crippen LogP contribution >= 0.6 is 0 Å². The molecular weight excluding hydrogens is 186 g/mol. The van der Waals surface area contributed by atoms with Crippen molar-refractivity contribution in [3.8, 4) is 0 Å². The summed E-state index contributed by atoms with van der Waals surface area (Å²) < 4.78 is 0. The molecule has 2 saturated heterocycles. The zero-order valence-corrected chi connectivity index (χ0v) is 10.4. The SMILES string of the molecule is CC1CN(C2CCCN(C)C2)C(C)CN1. The van der Waals surface area contributed by atoms with Crippen molar-refractivity contribution in [1.82, 2.24) is 15.1 Å². The number of hydrogen-bond donors (Lipinski definition) is 1. The predicted octanol–water partition coefficient (Wildman–Crippen LogP) is 0.763. The summed E-state index contributed by atoms with van der Waals surface area (Å²) in [5, 5.41) is 3.56. The number of hydrogen-bond acceptors (Lipinski definition) is 3. The highest BCUT2D eigenvalue weighted by Crippen LogP contribution is 2.19. The lowest BCUT2D eigenvalue weighted by Crippen LogP contribution is -2.60. The van der Waals surface area contributed by atoms with Crippen molar-refractivity contribution in [3.05, 3.63) is 0 Å². The van der Waals surface area contributed by atoms with Crippen LogP contribution in [-0.2, 0) is 0 Å². The van der Waals surface area contributed by atoms with Crippen LogP contribution in [0.5, 0.6) is 0 Å². The van der Waals surface area contributed by atoms with Gasteiger partial charge in [-0.15, -0.1) is 0 Å². The summed E-state index contributed by atoms with van der Waals surface area (Å²) in [6, 6.07) is 2.16. The van der Waals surface area contributed by atoms with Crippen LogP contribution < -0.4 is 5.32 Å². The number of piperidine rings is 1. The van der Waals surface area contributed by atoms with Crippen LogP contribution in [-0.4, -0.2) is 61.2 Å². The molecule has 2 fully saturated rings. The normalized spacial score (nSPS) is 40.6. The van der Waals surface area contributed by atoms with E-state index in [0.29, 0.717) is 12.1 Å². The van der Waals surface area contributed by atoms with Crippen LogP contribution in [0.4, 0.5) is 0 Å². The summed E-state index contributed by atoms with van der Waals surface area (Å²) in [4.78, 5) is 5.20. The first-order valence-electron chi connectivity index (χ1n) is 6.34. The van der Waals surface area contributed by atoms with Gasteiger partial charge in [0.05, 0.1) is 0 Å². The Morgan fingerprint density at radius 3 is 2.73 bits per heavy atom. The lowest BCUT2D eigenvalue weighted by atomic mass is 10.0. The van der Waals surface area contributed by atoms with Crippen molar-refractivity contribution in [2.75, 3.05) is 33.2 Å². The van der Waals surface area contributed by atoms with E-state index in [1.54, 1.807) is 0 Å². The van der Waals surface area contributed by atoms with Crippen LogP contribution in [0.2, 0.25) is 0 Å². The molecule has 0 aromatic carbocycles. The van der Waals surface area contributed by atoms with Gasteiger partial charge in [0.1, 0.15) is 0 Å². The third-order valence-electron chi connectivity index (χ3n) is 3.88. The summed E-state index contributed by atoms with van der Waals surface area (Å²) in [6.07, 6.45) is 2.76. The summed E-state index contributed by atoms with van der Waals surface area (Å²) in [5.74, 6) is 0. The highest BCUT2D eigenvalue weighted by Gasteiger charge is 2.30. The monoisotopic (exact) mass is 211 g/mol. The van der Waals surface area contributed by atoms with Crippen LogP contribution in [0.15, 0.2) is 0 Å². The van der Waals surface area contributed by atoms with E-state index in [1.165, 1.54) is 32.5 Å². The van der Waals surface area contributed by atoms with E-state index in [2.05, 4.69) is 36.0 Å². The molecule has 15 heavy (non-hydrogen) atoms. The lowest BCUT2D eigenvalue weighted by molar-refractivity contribution is 0.0517. The van der Waals surface area contributed by atoms with Gasteiger partial charge in [-0.25, -0.2) is 0 Å². The topological polar surface area (TPSA) is 18.5 Å². The summed E-state index contributed by atoms with van der Waals surface area (Å²) >= 11 is 0. The van der Waals surface area contributed by atoms with Crippen molar-refractivity contribution in [2.45, 2.75) is 44.8 Å². The van der Waals surface area contributed by atoms with E-state index in [-0.39, 0.29) is 0 Å². The fourth-order valence-corrected chi connectivity index (χ4v) is 2.97. The lowest BCUT2D eigenvalue weighted by Gasteiger charge is -2.45. The molecule has 3 unspecified atom stereocenters. The van der Waals surface area contributed by atoms with E-state index >= 15 is 0 Å². The maximum atomic E-state index is 3.56. The van der Waals surface area contributed by atoms with Gasteiger partial charge >= 0.3 is 0 Å². The van der Waals surface area contributed by atoms with Crippen LogP contribution in [0.25, 0.3) is 0 Å². The largest absolute Gasteiger partial charge is 0.311 e. The second kappa shape index (κ2) is 4.81. The third-order valence-corrected chi connectivity index (χ3v) is 3.88. The minimum Gasteiger partial charge on any atom is -0.311 e. The van der Waals surface area contributed by atoms with Gasteiger partial charge in [0.25, 0.3) is 0 Å². The van der Waals surface area contributed by atoms with E-state index in [1.807, 2.05) is 0 Å². The number of piperazine rings is 1. The first-order valence-corrected chi connectivity index (χ1v) is 6.34. The molecule has 2 heterocycles. The van der Waals surface area contributed by atoms with E-state index in [0.717, 1.165) is 12.6 Å². The van der Waals surface area contributed by atoms with E-state index < -0.39 is 0 Å². The van der Waals surface area contributed by atoms with Gasteiger partial charge in [0, 0.05) is 37.8 Å². The second-order valence-electron chi connectivity index (χ2n) is 5.41. The van der Waals surface area contributed by atoms with Gasteiger partial charge in [-0.05, 0) is 40.3 Å².